The molecule has 1 N–H and O–H groups in total. The summed E-state index contributed by atoms with van der Waals surface area (Å²) in [5.41, 5.74) is 0. The third-order valence-electron chi connectivity index (χ3n) is 4.49. The van der Waals surface area contributed by atoms with Crippen molar-refractivity contribution in [1.29, 1.82) is 0 Å². The highest BCUT2D eigenvalue weighted by atomic mass is 16.5. The number of hydrogen-bond acceptors (Lipinski definition) is 6. The molecule has 0 unspecified atom stereocenters. The van der Waals surface area contributed by atoms with E-state index in [2.05, 4.69) is 15.0 Å². The molecule has 2 atom stereocenters. The Morgan fingerprint density at radius 1 is 1.28 bits per heavy atom. The lowest BCUT2D eigenvalue weighted by Gasteiger charge is -2.33. The van der Waals surface area contributed by atoms with Gasteiger partial charge in [0.05, 0.1) is 7.11 Å². The number of ether oxygens (including phenoxy) is 2. The summed E-state index contributed by atoms with van der Waals surface area (Å²) in [4.78, 5) is 6.31. The number of aliphatic hydroxyl groups is 1. The lowest BCUT2D eigenvalue weighted by atomic mass is 9.98. The molecule has 136 valence electrons. The molecule has 0 spiro atoms. The topological polar surface area (TPSA) is 72.6 Å². The van der Waals surface area contributed by atoms with E-state index in [9.17, 15) is 5.11 Å². The summed E-state index contributed by atoms with van der Waals surface area (Å²) in [5.74, 6) is 2.08. The Balaban J connectivity index is 1.41. The van der Waals surface area contributed by atoms with Gasteiger partial charge in [-0.1, -0.05) is 0 Å². The van der Waals surface area contributed by atoms with Crippen LogP contribution >= 0.6 is 0 Å². The van der Waals surface area contributed by atoms with E-state index in [0.29, 0.717) is 12.5 Å². The maximum atomic E-state index is 10.3. The molecular weight excluding hydrogens is 320 g/mol. The molecular formula is C18H26N4O3. The fourth-order valence-corrected chi connectivity index (χ4v) is 3.27. The summed E-state index contributed by atoms with van der Waals surface area (Å²) in [6.45, 7) is 3.79. The van der Waals surface area contributed by atoms with Gasteiger partial charge in [-0.3, -0.25) is 4.68 Å². The molecule has 0 saturated carbocycles. The van der Waals surface area contributed by atoms with Gasteiger partial charge in [-0.05, 0) is 49.6 Å². The standard InChI is InChI=1S/C18H26N4O3/c1-24-17-4-6-18(7-5-17)25-12-16(23)11-21-8-2-3-15(9-21)10-22-14-19-13-20-22/h4-7,13-16,23H,2-3,8-12H2,1H3/t15-,16+/m0/s1. The van der Waals surface area contributed by atoms with Crippen molar-refractivity contribution in [2.75, 3.05) is 33.4 Å². The van der Waals surface area contributed by atoms with E-state index in [-0.39, 0.29) is 6.61 Å². The van der Waals surface area contributed by atoms with Gasteiger partial charge in [0.15, 0.2) is 0 Å². The molecule has 25 heavy (non-hydrogen) atoms. The van der Waals surface area contributed by atoms with Crippen molar-refractivity contribution < 1.29 is 14.6 Å². The Kier molecular flexibility index (Phi) is 6.25. The van der Waals surface area contributed by atoms with E-state index in [4.69, 9.17) is 9.47 Å². The number of likely N-dealkylation sites (tertiary alicyclic amines) is 1. The van der Waals surface area contributed by atoms with Crippen LogP contribution in [0.2, 0.25) is 0 Å². The second-order valence-electron chi connectivity index (χ2n) is 6.53. The van der Waals surface area contributed by atoms with Gasteiger partial charge in [0.25, 0.3) is 0 Å². The van der Waals surface area contributed by atoms with Gasteiger partial charge in [0, 0.05) is 19.6 Å². The van der Waals surface area contributed by atoms with E-state index in [1.807, 2.05) is 28.9 Å². The largest absolute Gasteiger partial charge is 0.497 e. The minimum absolute atomic E-state index is 0.288. The molecule has 2 aromatic rings. The van der Waals surface area contributed by atoms with Crippen LogP contribution in [0.3, 0.4) is 0 Å². The molecule has 0 radical (unpaired) electrons. The Morgan fingerprint density at radius 2 is 2.08 bits per heavy atom. The fraction of sp³-hybridized carbons (Fsp3) is 0.556. The molecule has 7 nitrogen and oxygen atoms in total. The van der Waals surface area contributed by atoms with Gasteiger partial charge in [0.1, 0.15) is 36.9 Å². The van der Waals surface area contributed by atoms with Crippen molar-refractivity contribution >= 4 is 0 Å². The van der Waals surface area contributed by atoms with Gasteiger partial charge >= 0.3 is 0 Å². The molecule has 2 heterocycles. The van der Waals surface area contributed by atoms with Crippen LogP contribution in [0.4, 0.5) is 0 Å². The van der Waals surface area contributed by atoms with Crippen molar-refractivity contribution in [3.8, 4) is 11.5 Å². The number of hydrogen-bond donors (Lipinski definition) is 1. The minimum Gasteiger partial charge on any atom is -0.497 e. The highest BCUT2D eigenvalue weighted by Crippen LogP contribution is 2.19. The molecule has 1 aliphatic rings. The molecule has 3 rings (SSSR count). The van der Waals surface area contributed by atoms with Crippen LogP contribution < -0.4 is 9.47 Å². The predicted molar refractivity (Wildman–Crippen MR) is 93.7 cm³/mol. The zero-order chi connectivity index (χ0) is 17.5. The van der Waals surface area contributed by atoms with E-state index in [1.54, 1.807) is 19.8 Å². The molecule has 1 saturated heterocycles. The first-order valence-corrected chi connectivity index (χ1v) is 8.72. The number of nitrogens with zero attached hydrogens (tertiary/aromatic N) is 4. The van der Waals surface area contributed by atoms with Gasteiger partial charge in [-0.25, -0.2) is 4.98 Å². The second kappa shape index (κ2) is 8.82. The number of β-amino-alcohol motifs (C(OH)–C–C–N with tert-alkyl or cyclic N) is 1. The van der Waals surface area contributed by atoms with Crippen molar-refractivity contribution in [2.24, 2.45) is 5.92 Å². The van der Waals surface area contributed by atoms with Crippen molar-refractivity contribution in [1.82, 2.24) is 19.7 Å². The van der Waals surface area contributed by atoms with Gasteiger partial charge in [0.2, 0.25) is 0 Å². The third-order valence-corrected chi connectivity index (χ3v) is 4.49. The third kappa shape index (κ3) is 5.44. The molecule has 1 fully saturated rings. The summed E-state index contributed by atoms with van der Waals surface area (Å²) in [5, 5.41) is 14.5. The first-order valence-electron chi connectivity index (χ1n) is 8.72. The zero-order valence-corrected chi connectivity index (χ0v) is 14.6. The monoisotopic (exact) mass is 346 g/mol. The Hall–Kier alpha value is -2.12. The lowest BCUT2D eigenvalue weighted by Crippen LogP contribution is -2.42. The fourth-order valence-electron chi connectivity index (χ4n) is 3.27. The van der Waals surface area contributed by atoms with Crippen LogP contribution in [-0.2, 0) is 6.54 Å². The zero-order valence-electron chi connectivity index (χ0n) is 14.6. The van der Waals surface area contributed by atoms with Crippen LogP contribution in [0.1, 0.15) is 12.8 Å². The lowest BCUT2D eigenvalue weighted by molar-refractivity contribution is 0.0494. The summed E-state index contributed by atoms with van der Waals surface area (Å²) in [6, 6.07) is 7.39. The molecule has 0 bridgehead atoms. The maximum Gasteiger partial charge on any atom is 0.137 e. The van der Waals surface area contributed by atoms with Crippen molar-refractivity contribution in [3.63, 3.8) is 0 Å². The summed E-state index contributed by atoms with van der Waals surface area (Å²) in [6.07, 6.45) is 5.16. The van der Waals surface area contributed by atoms with E-state index < -0.39 is 6.10 Å². The number of methoxy groups -OCH3 is 1. The van der Waals surface area contributed by atoms with E-state index in [0.717, 1.165) is 37.6 Å². The van der Waals surface area contributed by atoms with Crippen molar-refractivity contribution in [2.45, 2.75) is 25.5 Å². The first kappa shape index (κ1) is 17.7. The number of piperidine rings is 1. The summed E-state index contributed by atoms with van der Waals surface area (Å²) >= 11 is 0. The van der Waals surface area contributed by atoms with Crippen LogP contribution in [0, 0.1) is 5.92 Å². The van der Waals surface area contributed by atoms with Crippen LogP contribution in [0.15, 0.2) is 36.9 Å². The first-order chi connectivity index (χ1) is 12.2. The Morgan fingerprint density at radius 3 is 2.80 bits per heavy atom. The highest BCUT2D eigenvalue weighted by molar-refractivity contribution is 5.31. The molecule has 0 amide bonds. The normalized spacial score (nSPS) is 19.5. The summed E-state index contributed by atoms with van der Waals surface area (Å²) in [7, 11) is 1.63. The number of benzene rings is 1. The number of rotatable bonds is 8. The van der Waals surface area contributed by atoms with E-state index in [1.165, 1.54) is 6.42 Å². The van der Waals surface area contributed by atoms with Crippen LogP contribution in [0.25, 0.3) is 0 Å². The Bertz CT molecular complexity index is 618. The molecule has 7 heteroatoms. The van der Waals surface area contributed by atoms with Gasteiger partial charge in [-0.15, -0.1) is 0 Å². The number of aromatic nitrogens is 3. The Labute approximate surface area is 148 Å². The SMILES string of the molecule is COc1ccc(OC[C@H](O)CN2CCC[C@H](Cn3cncn3)C2)cc1. The quantitative estimate of drug-likeness (QED) is 0.780. The summed E-state index contributed by atoms with van der Waals surface area (Å²) < 4.78 is 12.7. The molecule has 0 aliphatic carbocycles. The molecule has 1 aromatic heterocycles. The van der Waals surface area contributed by atoms with Gasteiger partial charge < -0.3 is 19.5 Å². The smallest absolute Gasteiger partial charge is 0.137 e. The molecule has 1 aliphatic heterocycles. The van der Waals surface area contributed by atoms with Crippen molar-refractivity contribution in [3.05, 3.63) is 36.9 Å². The van der Waals surface area contributed by atoms with E-state index >= 15 is 0 Å². The minimum atomic E-state index is -0.507. The second-order valence-corrected chi connectivity index (χ2v) is 6.53. The number of aliphatic hydroxyl groups excluding tert-OH is 1. The average Bonchev–Trinajstić information content (AvgIpc) is 3.14. The molecule has 1 aromatic carbocycles. The predicted octanol–water partition coefficient (Wildman–Crippen LogP) is 1.44. The van der Waals surface area contributed by atoms with Crippen LogP contribution in [0.5, 0.6) is 11.5 Å². The maximum absolute atomic E-state index is 10.3. The van der Waals surface area contributed by atoms with Crippen LogP contribution in [-0.4, -0.2) is 64.2 Å². The highest BCUT2D eigenvalue weighted by Gasteiger charge is 2.22. The average molecular weight is 346 g/mol. The van der Waals surface area contributed by atoms with Gasteiger partial charge in [-0.2, -0.15) is 5.10 Å².